The average molecular weight is 386 g/mol. The van der Waals surface area contributed by atoms with Crippen LogP contribution in [-0.2, 0) is 5.33 Å². The van der Waals surface area contributed by atoms with Crippen LogP contribution in [0.2, 0.25) is 0 Å². The molecule has 0 aliphatic heterocycles. The molecular formula is C18H12BrNS2. The van der Waals surface area contributed by atoms with E-state index in [1.165, 1.54) is 25.6 Å². The van der Waals surface area contributed by atoms with E-state index in [4.69, 9.17) is 4.98 Å². The van der Waals surface area contributed by atoms with E-state index in [2.05, 4.69) is 70.5 Å². The molecule has 0 saturated carbocycles. The zero-order valence-corrected chi connectivity index (χ0v) is 14.8. The fourth-order valence-electron chi connectivity index (χ4n) is 2.34. The minimum Gasteiger partial charge on any atom is -0.235 e. The van der Waals surface area contributed by atoms with Gasteiger partial charge in [0.25, 0.3) is 0 Å². The molecule has 4 rings (SSSR count). The van der Waals surface area contributed by atoms with E-state index in [1.54, 1.807) is 22.7 Å². The van der Waals surface area contributed by atoms with Crippen molar-refractivity contribution in [3.05, 3.63) is 66.2 Å². The summed E-state index contributed by atoms with van der Waals surface area (Å²) in [6.07, 6.45) is 0. The second kappa shape index (κ2) is 5.95. The summed E-state index contributed by atoms with van der Waals surface area (Å²) in [6.45, 7) is 0. The zero-order chi connectivity index (χ0) is 14.9. The van der Waals surface area contributed by atoms with E-state index >= 15 is 0 Å². The number of thiophene rings is 1. The number of hydrogen-bond acceptors (Lipinski definition) is 3. The first-order valence-electron chi connectivity index (χ1n) is 6.94. The van der Waals surface area contributed by atoms with Crippen molar-refractivity contribution in [2.45, 2.75) is 5.33 Å². The molecule has 0 aliphatic carbocycles. The smallest absolute Gasteiger partial charge is 0.134 e. The third kappa shape index (κ3) is 2.62. The van der Waals surface area contributed by atoms with Crippen LogP contribution < -0.4 is 0 Å². The van der Waals surface area contributed by atoms with Crippen molar-refractivity contribution in [3.63, 3.8) is 0 Å². The van der Waals surface area contributed by atoms with Crippen LogP contribution in [0.15, 0.2) is 60.7 Å². The topological polar surface area (TPSA) is 12.9 Å². The van der Waals surface area contributed by atoms with Gasteiger partial charge >= 0.3 is 0 Å². The van der Waals surface area contributed by atoms with Gasteiger partial charge in [0.2, 0.25) is 0 Å². The molecule has 0 aliphatic rings. The molecule has 0 fully saturated rings. The average Bonchev–Trinajstić information content (AvgIpc) is 3.21. The summed E-state index contributed by atoms with van der Waals surface area (Å²) < 4.78 is 1.24. The number of thiazole rings is 1. The fraction of sp³-hybridized carbons (Fsp3) is 0.0556. The molecule has 1 nitrogen and oxygen atoms in total. The molecule has 2 heterocycles. The quantitative estimate of drug-likeness (QED) is 0.362. The van der Waals surface area contributed by atoms with Gasteiger partial charge in [0.05, 0.1) is 15.1 Å². The van der Waals surface area contributed by atoms with Gasteiger partial charge in [0, 0.05) is 10.2 Å². The first-order valence-corrected chi connectivity index (χ1v) is 9.70. The zero-order valence-electron chi connectivity index (χ0n) is 11.6. The van der Waals surface area contributed by atoms with E-state index in [0.29, 0.717) is 0 Å². The maximum atomic E-state index is 4.74. The molecule has 0 radical (unpaired) electrons. The van der Waals surface area contributed by atoms with Gasteiger partial charge in [-0.1, -0.05) is 52.3 Å². The Kier molecular flexibility index (Phi) is 3.82. The second-order valence-corrected chi connectivity index (χ2v) is 7.66. The molecule has 0 amide bonds. The van der Waals surface area contributed by atoms with E-state index in [0.717, 1.165) is 15.9 Å². The SMILES string of the molecule is BrCc1ccc(-c2ccc(-c3nc4ccccc4s3)s2)cc1. The number of aromatic nitrogens is 1. The van der Waals surface area contributed by atoms with Gasteiger partial charge in [-0.15, -0.1) is 22.7 Å². The molecule has 4 heteroatoms. The lowest BCUT2D eigenvalue weighted by atomic mass is 10.1. The highest BCUT2D eigenvalue weighted by atomic mass is 79.9. The number of rotatable bonds is 3. The highest BCUT2D eigenvalue weighted by molar-refractivity contribution is 9.08. The van der Waals surface area contributed by atoms with Gasteiger partial charge in [-0.25, -0.2) is 4.98 Å². The molecule has 0 saturated heterocycles. The van der Waals surface area contributed by atoms with Crippen LogP contribution in [0.4, 0.5) is 0 Å². The lowest BCUT2D eigenvalue weighted by Crippen LogP contribution is -1.76. The van der Waals surface area contributed by atoms with Gasteiger partial charge in [0.1, 0.15) is 5.01 Å². The normalized spacial score (nSPS) is 11.1. The third-order valence-corrected chi connectivity index (χ3v) is 6.49. The van der Waals surface area contributed by atoms with Gasteiger partial charge in [-0.2, -0.15) is 0 Å². The van der Waals surface area contributed by atoms with Crippen molar-refractivity contribution in [2.24, 2.45) is 0 Å². The predicted molar refractivity (Wildman–Crippen MR) is 101 cm³/mol. The van der Waals surface area contributed by atoms with Crippen LogP contribution in [0.25, 0.3) is 30.5 Å². The fourth-order valence-corrected chi connectivity index (χ4v) is 4.75. The standard InChI is InChI=1S/C18H12BrNS2/c19-11-12-5-7-13(8-6-12)15-9-10-17(21-15)18-20-14-3-1-2-4-16(14)22-18/h1-10H,11H2. The minimum atomic E-state index is 0.897. The summed E-state index contributed by atoms with van der Waals surface area (Å²) in [4.78, 5) is 7.26. The molecule has 0 bridgehead atoms. The number of halogens is 1. The molecule has 0 unspecified atom stereocenters. The van der Waals surface area contributed by atoms with Crippen molar-refractivity contribution < 1.29 is 0 Å². The van der Waals surface area contributed by atoms with Crippen LogP contribution >= 0.6 is 38.6 Å². The van der Waals surface area contributed by atoms with Gasteiger partial charge < -0.3 is 0 Å². The molecule has 2 aromatic heterocycles. The van der Waals surface area contributed by atoms with Crippen molar-refractivity contribution in [2.75, 3.05) is 0 Å². The van der Waals surface area contributed by atoms with Crippen LogP contribution in [0.1, 0.15) is 5.56 Å². The Hall–Kier alpha value is -1.49. The Bertz CT molecular complexity index is 889. The lowest BCUT2D eigenvalue weighted by Gasteiger charge is -1.99. The molecule has 0 N–H and O–H groups in total. The van der Waals surface area contributed by atoms with Gasteiger partial charge in [-0.05, 0) is 35.4 Å². The number of hydrogen-bond donors (Lipinski definition) is 0. The highest BCUT2D eigenvalue weighted by Crippen LogP contribution is 2.38. The summed E-state index contributed by atoms with van der Waals surface area (Å²) in [5, 5.41) is 2.00. The summed E-state index contributed by atoms with van der Waals surface area (Å²) in [5.74, 6) is 0. The molecular weight excluding hydrogens is 374 g/mol. The Balaban J connectivity index is 1.70. The molecule has 4 aromatic rings. The number of para-hydroxylation sites is 1. The molecule has 108 valence electrons. The van der Waals surface area contributed by atoms with E-state index in [-0.39, 0.29) is 0 Å². The summed E-state index contributed by atoms with van der Waals surface area (Å²) in [6, 6.07) is 21.4. The van der Waals surface area contributed by atoms with Crippen LogP contribution in [0.3, 0.4) is 0 Å². The Labute approximate surface area is 145 Å². The van der Waals surface area contributed by atoms with E-state index in [1.807, 2.05) is 6.07 Å². The second-order valence-electron chi connectivity index (χ2n) is 4.98. The van der Waals surface area contributed by atoms with Crippen LogP contribution in [0, 0.1) is 0 Å². The maximum absolute atomic E-state index is 4.74. The van der Waals surface area contributed by atoms with Crippen LogP contribution in [-0.4, -0.2) is 4.98 Å². The number of fused-ring (bicyclic) bond motifs is 1. The highest BCUT2D eigenvalue weighted by Gasteiger charge is 2.09. The van der Waals surface area contributed by atoms with E-state index in [9.17, 15) is 0 Å². The molecule has 0 spiro atoms. The lowest BCUT2D eigenvalue weighted by molar-refractivity contribution is 1.44. The summed E-state index contributed by atoms with van der Waals surface area (Å²) in [5.41, 5.74) is 3.65. The summed E-state index contributed by atoms with van der Waals surface area (Å²) in [7, 11) is 0. The van der Waals surface area contributed by atoms with Crippen molar-refractivity contribution >= 4 is 48.8 Å². The number of nitrogens with zero attached hydrogens (tertiary/aromatic N) is 1. The number of benzene rings is 2. The summed E-state index contributed by atoms with van der Waals surface area (Å²) >= 11 is 7.05. The van der Waals surface area contributed by atoms with E-state index < -0.39 is 0 Å². The Morgan fingerprint density at radius 1 is 0.818 bits per heavy atom. The third-order valence-electron chi connectivity index (χ3n) is 3.50. The molecule has 22 heavy (non-hydrogen) atoms. The minimum absolute atomic E-state index is 0.897. The molecule has 0 atom stereocenters. The predicted octanol–water partition coefficient (Wildman–Crippen LogP) is 6.59. The Morgan fingerprint density at radius 3 is 2.36 bits per heavy atom. The molecule has 2 aromatic carbocycles. The first-order chi connectivity index (χ1) is 10.8. The van der Waals surface area contributed by atoms with Crippen LogP contribution in [0.5, 0.6) is 0 Å². The van der Waals surface area contributed by atoms with Gasteiger partial charge in [-0.3, -0.25) is 0 Å². The van der Waals surface area contributed by atoms with Crippen molar-refractivity contribution in [1.29, 1.82) is 0 Å². The van der Waals surface area contributed by atoms with Crippen molar-refractivity contribution in [1.82, 2.24) is 4.98 Å². The largest absolute Gasteiger partial charge is 0.235 e. The van der Waals surface area contributed by atoms with Gasteiger partial charge in [0.15, 0.2) is 0 Å². The van der Waals surface area contributed by atoms with Crippen molar-refractivity contribution in [3.8, 4) is 20.3 Å². The number of alkyl halides is 1. The maximum Gasteiger partial charge on any atom is 0.134 e. The Morgan fingerprint density at radius 2 is 1.59 bits per heavy atom. The monoisotopic (exact) mass is 385 g/mol. The first kappa shape index (κ1) is 14.1.